The number of fused-ring (bicyclic) bond motifs is 1. The number of likely N-dealkylation sites (N-methyl/N-ethyl adjacent to an activating group) is 1. The topological polar surface area (TPSA) is 123 Å². The van der Waals surface area contributed by atoms with Crippen LogP contribution in [0.25, 0.3) is 0 Å². The summed E-state index contributed by atoms with van der Waals surface area (Å²) < 4.78 is 6.44. The van der Waals surface area contributed by atoms with E-state index < -0.39 is 22.7 Å². The van der Waals surface area contributed by atoms with Crippen LogP contribution in [0.15, 0.2) is 41.4 Å². The number of aryl methyl sites for hydroxylation is 1. The maximum atomic E-state index is 13.6. The number of amides is 1. The van der Waals surface area contributed by atoms with Gasteiger partial charge in [0.1, 0.15) is 22.9 Å². The Balaban J connectivity index is 1.22. The van der Waals surface area contributed by atoms with E-state index in [-0.39, 0.29) is 41.8 Å². The Bertz CT molecular complexity index is 1350. The van der Waals surface area contributed by atoms with Crippen LogP contribution in [-0.2, 0) is 10.2 Å². The molecule has 8 nitrogen and oxygen atoms in total. The highest BCUT2D eigenvalue weighted by Gasteiger charge is 2.85. The first kappa shape index (κ1) is 23.0. The average Bonchev–Trinajstić information content (AvgIpc) is 3.82. The second-order valence-electron chi connectivity index (χ2n) is 11.8. The quantitative estimate of drug-likeness (QED) is 0.496. The number of rotatable bonds is 5. The smallest absolute Gasteiger partial charge is 0.226 e. The number of ether oxygens (including phenoxy) is 1. The van der Waals surface area contributed by atoms with Crippen molar-refractivity contribution in [1.29, 1.82) is 0 Å². The van der Waals surface area contributed by atoms with E-state index in [9.17, 15) is 25.2 Å². The molecule has 6 atom stereocenters. The number of carbonyl (C=O) groups excluding carboxylic acids is 1. The zero-order chi connectivity index (χ0) is 25.9. The number of hydrogen-bond donors (Lipinski definition) is 4. The van der Waals surface area contributed by atoms with Crippen molar-refractivity contribution in [2.45, 2.75) is 73.7 Å². The number of nitrogens with zero attached hydrogens (tertiary/aromatic N) is 2. The molecule has 8 heteroatoms. The van der Waals surface area contributed by atoms with Crippen LogP contribution in [0.4, 0.5) is 0 Å². The molecule has 5 aliphatic rings. The van der Waals surface area contributed by atoms with Gasteiger partial charge in [-0.1, -0.05) is 18.2 Å². The zero-order valence-corrected chi connectivity index (χ0v) is 21.0. The van der Waals surface area contributed by atoms with Crippen molar-refractivity contribution in [3.63, 3.8) is 0 Å². The van der Waals surface area contributed by atoms with Gasteiger partial charge in [0.2, 0.25) is 5.91 Å². The van der Waals surface area contributed by atoms with E-state index in [2.05, 4.69) is 0 Å². The number of aliphatic imine (C=N–C) groups is 1. The molecule has 194 valence electrons. The van der Waals surface area contributed by atoms with Crippen LogP contribution in [-0.4, -0.2) is 73.9 Å². The van der Waals surface area contributed by atoms with Gasteiger partial charge in [-0.25, -0.2) is 0 Å². The van der Waals surface area contributed by atoms with Crippen LogP contribution < -0.4 is 4.74 Å². The van der Waals surface area contributed by atoms with Crippen LogP contribution in [0.2, 0.25) is 0 Å². The molecule has 0 aromatic heterocycles. The fourth-order valence-corrected chi connectivity index (χ4v) is 7.13. The molecular formula is C29H32N2O6. The summed E-state index contributed by atoms with van der Waals surface area (Å²) in [5.41, 5.74) is 0.343. The van der Waals surface area contributed by atoms with Crippen molar-refractivity contribution in [3.8, 4) is 17.2 Å². The van der Waals surface area contributed by atoms with Gasteiger partial charge >= 0.3 is 0 Å². The number of phenolic OH excluding ortho intramolecular Hbond substituents is 2. The molecule has 2 aromatic rings. The van der Waals surface area contributed by atoms with E-state index in [1.165, 1.54) is 0 Å². The Morgan fingerprint density at radius 2 is 1.84 bits per heavy atom. The van der Waals surface area contributed by atoms with Gasteiger partial charge in [0.15, 0.2) is 11.5 Å². The molecule has 1 amide bonds. The summed E-state index contributed by atoms with van der Waals surface area (Å²) in [4.78, 5) is 20.2. The summed E-state index contributed by atoms with van der Waals surface area (Å²) in [6, 6.07) is 10.1. The van der Waals surface area contributed by atoms with Crippen LogP contribution in [0.5, 0.6) is 17.2 Å². The molecule has 4 unspecified atom stereocenters. The fraction of sp³-hybridized carbons (Fsp3) is 0.517. The van der Waals surface area contributed by atoms with Gasteiger partial charge < -0.3 is 30.1 Å². The highest BCUT2D eigenvalue weighted by atomic mass is 16.5. The van der Waals surface area contributed by atoms with Gasteiger partial charge in [-0.15, -0.1) is 0 Å². The predicted molar refractivity (Wildman–Crippen MR) is 135 cm³/mol. The van der Waals surface area contributed by atoms with Crippen molar-refractivity contribution in [2.75, 3.05) is 13.6 Å². The first-order chi connectivity index (χ1) is 17.6. The minimum atomic E-state index is -1.22. The second kappa shape index (κ2) is 7.26. The molecule has 1 aliphatic heterocycles. The van der Waals surface area contributed by atoms with Gasteiger partial charge in [0.05, 0.1) is 23.9 Å². The van der Waals surface area contributed by atoms with E-state index in [1.807, 2.05) is 32.2 Å². The highest BCUT2D eigenvalue weighted by Crippen LogP contribution is 2.70. The van der Waals surface area contributed by atoms with Crippen molar-refractivity contribution >= 4 is 11.6 Å². The number of carbonyl (C=O) groups is 1. The average molecular weight is 505 g/mol. The third-order valence-corrected chi connectivity index (χ3v) is 9.55. The number of aliphatic hydroxyl groups is 2. The SMILES string of the molecule is Cc1ccc(O)c2c1[C@]13C(=NCC4(O)CC4)C1(O)CCC(N(C)C(=O)C1CC1c1ccc(O)cc1)[C@@H]3O2. The van der Waals surface area contributed by atoms with Gasteiger partial charge in [-0.05, 0) is 74.3 Å². The monoisotopic (exact) mass is 504 g/mol. The maximum Gasteiger partial charge on any atom is 0.226 e. The minimum absolute atomic E-state index is 0.0149. The zero-order valence-electron chi connectivity index (χ0n) is 21.0. The number of hydrogen-bond acceptors (Lipinski definition) is 7. The van der Waals surface area contributed by atoms with Crippen molar-refractivity contribution < 1.29 is 30.0 Å². The fourth-order valence-electron chi connectivity index (χ4n) is 7.13. The number of phenols is 2. The molecule has 4 saturated carbocycles. The molecular weight excluding hydrogens is 472 g/mol. The van der Waals surface area contributed by atoms with E-state index in [1.54, 1.807) is 23.1 Å². The lowest BCUT2D eigenvalue weighted by atomic mass is 9.75. The molecule has 7 rings (SSSR count). The van der Waals surface area contributed by atoms with E-state index in [0.29, 0.717) is 37.1 Å². The van der Waals surface area contributed by atoms with Crippen LogP contribution in [0.3, 0.4) is 0 Å². The molecule has 0 saturated heterocycles. The van der Waals surface area contributed by atoms with Gasteiger partial charge in [0.25, 0.3) is 0 Å². The summed E-state index contributed by atoms with van der Waals surface area (Å²) in [6.45, 7) is 2.18. The first-order valence-corrected chi connectivity index (χ1v) is 13.2. The van der Waals surface area contributed by atoms with E-state index >= 15 is 0 Å². The normalized spacial score (nSPS) is 36.7. The molecule has 0 radical (unpaired) electrons. The third-order valence-electron chi connectivity index (χ3n) is 9.55. The highest BCUT2D eigenvalue weighted by molar-refractivity contribution is 6.22. The van der Waals surface area contributed by atoms with Gasteiger partial charge in [-0.2, -0.15) is 0 Å². The lowest BCUT2D eigenvalue weighted by Crippen LogP contribution is -2.55. The summed E-state index contributed by atoms with van der Waals surface area (Å²) >= 11 is 0. The summed E-state index contributed by atoms with van der Waals surface area (Å²) in [6.07, 6.45) is 2.54. The predicted octanol–water partition coefficient (Wildman–Crippen LogP) is 2.54. The molecule has 1 heterocycles. The summed E-state index contributed by atoms with van der Waals surface area (Å²) in [5, 5.41) is 42.7. The Morgan fingerprint density at radius 3 is 2.54 bits per heavy atom. The summed E-state index contributed by atoms with van der Waals surface area (Å²) in [7, 11) is 1.81. The first-order valence-electron chi connectivity index (χ1n) is 13.2. The van der Waals surface area contributed by atoms with Crippen LogP contribution in [0, 0.1) is 12.8 Å². The number of aromatic hydroxyl groups is 2. The van der Waals surface area contributed by atoms with Crippen LogP contribution in [0.1, 0.15) is 54.7 Å². The maximum absolute atomic E-state index is 13.6. The minimum Gasteiger partial charge on any atom is -0.508 e. The molecule has 4 N–H and O–H groups in total. The van der Waals surface area contributed by atoms with Crippen molar-refractivity contribution in [3.05, 3.63) is 53.1 Å². The van der Waals surface area contributed by atoms with Crippen molar-refractivity contribution in [1.82, 2.24) is 4.90 Å². The molecule has 37 heavy (non-hydrogen) atoms. The largest absolute Gasteiger partial charge is 0.508 e. The molecule has 0 bridgehead atoms. The Kier molecular flexibility index (Phi) is 4.52. The lowest BCUT2D eigenvalue weighted by Gasteiger charge is -2.39. The molecule has 4 aliphatic carbocycles. The molecule has 2 aromatic carbocycles. The molecule has 4 fully saturated rings. The second-order valence-corrected chi connectivity index (χ2v) is 11.8. The standard InChI is InChI=1S/C29H32N2O6/c1-15-3-8-21(33)23-22(15)29-24(37-23)20(9-10-28(29,36)26(29)30-14-27(35)11-12-27)31(2)25(34)19-13-18(19)16-4-6-17(32)7-5-16/h3-8,18-20,24,32-33,35-36H,9-14H2,1-2H3/t18?,19?,20?,24-,28?,29-/m0/s1. The lowest BCUT2D eigenvalue weighted by molar-refractivity contribution is -0.137. The van der Waals surface area contributed by atoms with E-state index in [0.717, 1.165) is 23.1 Å². The van der Waals surface area contributed by atoms with Crippen LogP contribution >= 0.6 is 0 Å². The molecule has 1 spiro atoms. The van der Waals surface area contributed by atoms with Crippen molar-refractivity contribution in [2.24, 2.45) is 10.9 Å². The Morgan fingerprint density at radius 1 is 1.11 bits per heavy atom. The summed E-state index contributed by atoms with van der Waals surface area (Å²) in [5.74, 6) is 0.602. The Hall–Kier alpha value is -3.10. The third kappa shape index (κ3) is 3.03. The van der Waals surface area contributed by atoms with E-state index in [4.69, 9.17) is 9.73 Å². The number of benzene rings is 2. The van der Waals surface area contributed by atoms with Gasteiger partial charge in [-0.3, -0.25) is 9.79 Å². The van der Waals surface area contributed by atoms with Gasteiger partial charge in [0, 0.05) is 18.5 Å². The Labute approximate surface area is 215 Å².